The Labute approximate surface area is 200 Å². The number of hydrogen-bond donors (Lipinski definition) is 0. The molecule has 0 amide bonds. The number of ether oxygens (including phenoxy) is 1. The normalized spacial score (nSPS) is 11.4. The maximum absolute atomic E-state index is 11.1. The molecule has 0 saturated carbocycles. The molecule has 0 aliphatic heterocycles. The van der Waals surface area contributed by atoms with Crippen molar-refractivity contribution in [3.05, 3.63) is 0 Å². The Kier molecular flexibility index (Phi) is 25.7. The summed E-state index contributed by atoms with van der Waals surface area (Å²) in [5.41, 5.74) is 0. The van der Waals surface area contributed by atoms with Crippen molar-refractivity contribution in [2.45, 2.75) is 135 Å². The quantitative estimate of drug-likeness (QED) is 0.0777. The zero-order chi connectivity index (χ0) is 22.8. The summed E-state index contributed by atoms with van der Waals surface area (Å²) in [6, 6.07) is 0. The smallest absolute Gasteiger partial charge is 0.305 e. The van der Waals surface area contributed by atoms with Gasteiger partial charge in [0.15, 0.2) is 0 Å². The van der Waals surface area contributed by atoms with Gasteiger partial charge in [0.1, 0.15) is 0 Å². The van der Waals surface area contributed by atoms with E-state index in [4.69, 9.17) is 11.6 Å². The van der Waals surface area contributed by atoms with Gasteiger partial charge in [-0.3, -0.25) is 4.79 Å². The summed E-state index contributed by atoms with van der Waals surface area (Å²) in [6.45, 7) is 5.78. The van der Waals surface area contributed by atoms with Crippen LogP contribution in [0, 0.1) is 0 Å². The number of alkyl halides is 1. The summed E-state index contributed by atoms with van der Waals surface area (Å²) >= 11 is 6.02. The van der Waals surface area contributed by atoms with Crippen molar-refractivity contribution in [1.82, 2.24) is 4.90 Å². The van der Waals surface area contributed by atoms with Gasteiger partial charge in [0.25, 0.3) is 0 Å². The monoisotopic (exact) mass is 459 g/mol. The van der Waals surface area contributed by atoms with Crippen molar-refractivity contribution in [3.63, 3.8) is 0 Å². The number of hydrogen-bond acceptors (Lipinski definition) is 3. The number of carbonyl (C=O) groups excluding carboxylic acids is 1. The van der Waals surface area contributed by atoms with Gasteiger partial charge in [-0.15, -0.1) is 11.6 Å². The van der Waals surface area contributed by atoms with E-state index >= 15 is 0 Å². The lowest BCUT2D eigenvalue weighted by molar-refractivity contribution is -0.140. The van der Waals surface area contributed by atoms with Crippen LogP contribution < -0.4 is 0 Å². The van der Waals surface area contributed by atoms with Gasteiger partial charge in [-0.25, -0.2) is 0 Å². The van der Waals surface area contributed by atoms with Gasteiger partial charge in [-0.1, -0.05) is 110 Å². The van der Waals surface area contributed by atoms with Crippen molar-refractivity contribution in [1.29, 1.82) is 0 Å². The second-order valence-electron chi connectivity index (χ2n) is 9.22. The van der Waals surface area contributed by atoms with Gasteiger partial charge in [0.2, 0.25) is 0 Å². The van der Waals surface area contributed by atoms with Gasteiger partial charge in [-0.05, 0) is 32.4 Å². The second-order valence-corrected chi connectivity index (χ2v) is 9.60. The summed E-state index contributed by atoms with van der Waals surface area (Å²) in [5, 5.41) is 0. The molecule has 0 bridgehead atoms. The van der Waals surface area contributed by atoms with Crippen LogP contribution in [-0.4, -0.2) is 43.5 Å². The third kappa shape index (κ3) is 24.2. The molecule has 0 saturated heterocycles. The van der Waals surface area contributed by atoms with E-state index < -0.39 is 0 Å². The van der Waals surface area contributed by atoms with E-state index in [1.54, 1.807) is 0 Å². The molecule has 0 heterocycles. The van der Waals surface area contributed by atoms with E-state index in [0.29, 0.717) is 6.42 Å². The highest BCUT2D eigenvalue weighted by Gasteiger charge is 2.04. The summed E-state index contributed by atoms with van der Waals surface area (Å²) in [6.07, 6.45) is 26.0. The third-order valence-electron chi connectivity index (χ3n) is 6.31. The molecule has 186 valence electrons. The van der Waals surface area contributed by atoms with Crippen LogP contribution in [0.2, 0.25) is 0 Å². The second kappa shape index (κ2) is 26.0. The Morgan fingerprint density at radius 2 is 1.00 bits per heavy atom. The molecule has 0 fully saturated rings. The first-order chi connectivity index (χ1) is 15.2. The maximum atomic E-state index is 11.1. The van der Waals surface area contributed by atoms with E-state index in [0.717, 1.165) is 25.3 Å². The number of rotatable bonds is 25. The molecule has 0 radical (unpaired) electrons. The van der Waals surface area contributed by atoms with E-state index in [2.05, 4.69) is 16.6 Å². The SMILES string of the molecule is CCCCCCCCCCCCN(CCCl)CCCCCCCCCCCC(=O)OC. The van der Waals surface area contributed by atoms with Crippen LogP contribution >= 0.6 is 11.6 Å². The molecule has 0 spiro atoms. The number of methoxy groups -OCH3 is 1. The predicted octanol–water partition coefficient (Wildman–Crippen LogP) is 8.52. The fourth-order valence-electron chi connectivity index (χ4n) is 4.22. The van der Waals surface area contributed by atoms with Gasteiger partial charge in [-0.2, -0.15) is 0 Å². The lowest BCUT2D eigenvalue weighted by Gasteiger charge is -2.21. The van der Waals surface area contributed by atoms with Crippen LogP contribution in [0.1, 0.15) is 135 Å². The van der Waals surface area contributed by atoms with Gasteiger partial charge < -0.3 is 9.64 Å². The summed E-state index contributed by atoms with van der Waals surface area (Å²) in [4.78, 5) is 13.6. The van der Waals surface area contributed by atoms with E-state index in [1.807, 2.05) is 0 Å². The fourth-order valence-corrected chi connectivity index (χ4v) is 4.46. The Balaban J connectivity index is 3.43. The average Bonchev–Trinajstić information content (AvgIpc) is 2.78. The minimum absolute atomic E-state index is 0.0728. The molecular formula is C27H54ClNO2. The van der Waals surface area contributed by atoms with E-state index in [-0.39, 0.29) is 5.97 Å². The van der Waals surface area contributed by atoms with Gasteiger partial charge in [0, 0.05) is 18.8 Å². The molecule has 0 aliphatic rings. The molecule has 0 unspecified atom stereocenters. The lowest BCUT2D eigenvalue weighted by atomic mass is 10.1. The van der Waals surface area contributed by atoms with Crippen LogP contribution in [0.15, 0.2) is 0 Å². The summed E-state index contributed by atoms with van der Waals surface area (Å²) < 4.78 is 4.67. The van der Waals surface area contributed by atoms with Crippen LogP contribution in [-0.2, 0) is 9.53 Å². The molecule has 0 rings (SSSR count). The Bertz CT molecular complexity index is 365. The number of halogens is 1. The molecule has 0 aromatic carbocycles. The zero-order valence-corrected chi connectivity index (χ0v) is 21.9. The first kappa shape index (κ1) is 30.7. The maximum Gasteiger partial charge on any atom is 0.305 e. The molecule has 0 N–H and O–H groups in total. The minimum Gasteiger partial charge on any atom is -0.469 e. The van der Waals surface area contributed by atoms with Gasteiger partial charge in [0.05, 0.1) is 7.11 Å². The van der Waals surface area contributed by atoms with Crippen LogP contribution in [0.4, 0.5) is 0 Å². The third-order valence-corrected chi connectivity index (χ3v) is 6.48. The first-order valence-corrected chi connectivity index (χ1v) is 14.1. The molecule has 4 heteroatoms. The number of unbranched alkanes of at least 4 members (excludes halogenated alkanes) is 17. The number of esters is 1. The lowest BCUT2D eigenvalue weighted by Crippen LogP contribution is -2.28. The minimum atomic E-state index is -0.0728. The van der Waals surface area contributed by atoms with Crippen LogP contribution in [0.5, 0.6) is 0 Å². The van der Waals surface area contributed by atoms with Crippen molar-refractivity contribution >= 4 is 17.6 Å². The highest BCUT2D eigenvalue weighted by Crippen LogP contribution is 2.13. The Morgan fingerprint density at radius 1 is 0.613 bits per heavy atom. The highest BCUT2D eigenvalue weighted by atomic mass is 35.5. The number of nitrogens with zero attached hydrogens (tertiary/aromatic N) is 1. The van der Waals surface area contributed by atoms with Crippen molar-refractivity contribution in [2.24, 2.45) is 0 Å². The largest absolute Gasteiger partial charge is 0.469 e. The van der Waals surface area contributed by atoms with Gasteiger partial charge >= 0.3 is 5.97 Å². The molecular weight excluding hydrogens is 406 g/mol. The molecule has 0 atom stereocenters. The van der Waals surface area contributed by atoms with Crippen molar-refractivity contribution in [2.75, 3.05) is 32.6 Å². The Morgan fingerprint density at radius 3 is 1.39 bits per heavy atom. The molecule has 0 aliphatic carbocycles. The molecule has 0 aromatic heterocycles. The van der Waals surface area contributed by atoms with Crippen molar-refractivity contribution < 1.29 is 9.53 Å². The average molecular weight is 460 g/mol. The zero-order valence-electron chi connectivity index (χ0n) is 21.1. The topological polar surface area (TPSA) is 29.5 Å². The van der Waals surface area contributed by atoms with Crippen LogP contribution in [0.3, 0.4) is 0 Å². The summed E-state index contributed by atoms with van der Waals surface area (Å²) in [7, 11) is 1.47. The van der Waals surface area contributed by atoms with Crippen molar-refractivity contribution in [3.8, 4) is 0 Å². The fraction of sp³-hybridized carbons (Fsp3) is 0.963. The highest BCUT2D eigenvalue weighted by molar-refractivity contribution is 6.18. The Hall–Kier alpha value is -0.280. The molecule has 0 aromatic rings. The van der Waals surface area contributed by atoms with E-state index in [9.17, 15) is 4.79 Å². The first-order valence-electron chi connectivity index (χ1n) is 13.6. The van der Waals surface area contributed by atoms with E-state index in [1.165, 1.54) is 129 Å². The summed E-state index contributed by atoms with van der Waals surface area (Å²) in [5.74, 6) is 0.685. The number of carbonyl (C=O) groups is 1. The molecule has 3 nitrogen and oxygen atoms in total. The standard InChI is InChI=1S/C27H54ClNO2/c1-3-4-5-6-7-8-11-14-17-20-24-29(26-23-28)25-21-18-15-12-9-10-13-16-19-22-27(30)31-2/h3-26H2,1-2H3. The predicted molar refractivity (Wildman–Crippen MR) is 137 cm³/mol. The van der Waals surface area contributed by atoms with Crippen LogP contribution in [0.25, 0.3) is 0 Å². The molecule has 31 heavy (non-hydrogen) atoms.